The fourth-order valence-corrected chi connectivity index (χ4v) is 2.73. The number of anilines is 2. The van der Waals surface area contributed by atoms with Crippen LogP contribution in [0.25, 0.3) is 0 Å². The van der Waals surface area contributed by atoms with Crippen molar-refractivity contribution in [3.63, 3.8) is 0 Å². The van der Waals surface area contributed by atoms with Gasteiger partial charge in [0.1, 0.15) is 12.1 Å². The molecule has 0 aliphatic rings. The average Bonchev–Trinajstić information content (AvgIpc) is 2.99. The highest BCUT2D eigenvalue weighted by Crippen LogP contribution is 2.21. The van der Waals surface area contributed by atoms with Gasteiger partial charge in [-0.3, -0.25) is 5.32 Å². The van der Waals surface area contributed by atoms with Crippen LogP contribution in [0.4, 0.5) is 16.0 Å². The Morgan fingerprint density at radius 3 is 2.60 bits per heavy atom. The first-order chi connectivity index (χ1) is 12.0. The Morgan fingerprint density at radius 2 is 1.88 bits per heavy atom. The smallest absolute Gasteiger partial charge is 0.248 e. The molecule has 3 rings (SSSR count). The van der Waals surface area contributed by atoms with Gasteiger partial charge < -0.3 is 5.32 Å². The fraction of sp³-hybridized carbons (Fsp3) is 0.0625. The molecule has 0 fully saturated rings. The first-order valence-electron chi connectivity index (χ1n) is 7.16. The Morgan fingerprint density at radius 1 is 1.12 bits per heavy atom. The van der Waals surface area contributed by atoms with E-state index in [1.54, 1.807) is 35.3 Å². The van der Waals surface area contributed by atoms with Crippen molar-refractivity contribution in [2.45, 2.75) is 6.54 Å². The fourth-order valence-electron chi connectivity index (χ4n) is 2.05. The number of thiocarbonyl (C=S) groups is 1. The van der Waals surface area contributed by atoms with E-state index in [0.29, 0.717) is 33.3 Å². The zero-order valence-electron chi connectivity index (χ0n) is 12.7. The molecule has 25 heavy (non-hydrogen) atoms. The van der Waals surface area contributed by atoms with Gasteiger partial charge in [0, 0.05) is 15.7 Å². The highest BCUT2D eigenvalue weighted by molar-refractivity contribution is 7.80. The molecular weight excluding hydrogens is 384 g/mol. The number of nitrogens with zero attached hydrogens (tertiary/aromatic N) is 3. The minimum absolute atomic E-state index is 0.300. The van der Waals surface area contributed by atoms with Crippen molar-refractivity contribution in [1.29, 1.82) is 0 Å². The first-order valence-corrected chi connectivity index (χ1v) is 8.33. The molecule has 0 atom stereocenters. The summed E-state index contributed by atoms with van der Waals surface area (Å²) in [5, 5.41) is 11.5. The van der Waals surface area contributed by atoms with Crippen LogP contribution >= 0.6 is 35.4 Å². The summed E-state index contributed by atoms with van der Waals surface area (Å²) in [4.78, 5) is 4.14. The molecule has 3 aromatic rings. The van der Waals surface area contributed by atoms with Gasteiger partial charge in [0.05, 0.1) is 6.54 Å². The maximum atomic E-state index is 12.9. The van der Waals surface area contributed by atoms with Crippen molar-refractivity contribution in [2.75, 3.05) is 10.6 Å². The molecule has 0 unspecified atom stereocenters. The molecule has 0 bridgehead atoms. The van der Waals surface area contributed by atoms with Gasteiger partial charge in [-0.05, 0) is 54.2 Å². The van der Waals surface area contributed by atoms with Gasteiger partial charge in [-0.15, -0.1) is 5.10 Å². The zero-order valence-corrected chi connectivity index (χ0v) is 15.0. The molecule has 2 aromatic carbocycles. The van der Waals surface area contributed by atoms with Crippen molar-refractivity contribution < 1.29 is 4.39 Å². The summed E-state index contributed by atoms with van der Waals surface area (Å²) in [6.45, 7) is 0.447. The summed E-state index contributed by atoms with van der Waals surface area (Å²) < 4.78 is 14.5. The van der Waals surface area contributed by atoms with Crippen LogP contribution in [0.15, 0.2) is 48.8 Å². The third kappa shape index (κ3) is 4.88. The summed E-state index contributed by atoms with van der Waals surface area (Å²) in [5.74, 6) is 0.0235. The molecule has 9 heteroatoms. The molecule has 0 spiro atoms. The Bertz CT molecular complexity index is 898. The molecule has 0 saturated heterocycles. The number of nitrogens with one attached hydrogen (secondary N) is 2. The van der Waals surface area contributed by atoms with Crippen LogP contribution < -0.4 is 10.6 Å². The third-order valence-corrected chi connectivity index (χ3v) is 4.00. The highest BCUT2D eigenvalue weighted by Gasteiger charge is 2.07. The van der Waals surface area contributed by atoms with E-state index in [1.165, 1.54) is 12.1 Å². The number of rotatable bonds is 4. The monoisotopic (exact) mass is 395 g/mol. The standard InChI is InChI=1S/C16H12Cl2FN5S/c17-11-2-1-10(14(18)7-11)8-24-9-20-15(23-24)22-16(25)21-13-5-3-12(19)4-6-13/h1-7,9H,8H2,(H2,21,22,23,25). The molecule has 0 aliphatic carbocycles. The molecule has 128 valence electrons. The molecule has 0 amide bonds. The zero-order chi connectivity index (χ0) is 17.8. The number of aromatic nitrogens is 3. The van der Waals surface area contributed by atoms with Crippen LogP contribution in [-0.2, 0) is 6.54 Å². The van der Waals surface area contributed by atoms with E-state index in [1.807, 2.05) is 6.07 Å². The summed E-state index contributed by atoms with van der Waals surface area (Å²) in [7, 11) is 0. The Hall–Kier alpha value is -2.22. The minimum Gasteiger partial charge on any atom is -0.332 e. The number of benzene rings is 2. The predicted octanol–water partition coefficient (Wildman–Crippen LogP) is 4.58. The van der Waals surface area contributed by atoms with E-state index in [2.05, 4.69) is 20.7 Å². The largest absolute Gasteiger partial charge is 0.332 e. The lowest BCUT2D eigenvalue weighted by molar-refractivity contribution is 0.628. The van der Waals surface area contributed by atoms with Crippen molar-refractivity contribution in [1.82, 2.24) is 14.8 Å². The lowest BCUT2D eigenvalue weighted by atomic mass is 10.2. The van der Waals surface area contributed by atoms with E-state index in [-0.39, 0.29) is 5.82 Å². The second kappa shape index (κ2) is 7.77. The Balaban J connectivity index is 1.61. The van der Waals surface area contributed by atoms with Gasteiger partial charge in [0.2, 0.25) is 5.95 Å². The van der Waals surface area contributed by atoms with E-state index >= 15 is 0 Å². The number of hydrogen-bond acceptors (Lipinski definition) is 3. The summed E-state index contributed by atoms with van der Waals surface area (Å²) in [6, 6.07) is 11.1. The van der Waals surface area contributed by atoms with Crippen molar-refractivity contribution >= 4 is 52.2 Å². The van der Waals surface area contributed by atoms with E-state index in [9.17, 15) is 4.39 Å². The second-order valence-electron chi connectivity index (χ2n) is 5.09. The lowest BCUT2D eigenvalue weighted by Crippen LogP contribution is -2.20. The van der Waals surface area contributed by atoms with Gasteiger partial charge in [-0.2, -0.15) is 0 Å². The summed E-state index contributed by atoms with van der Waals surface area (Å²) in [5.41, 5.74) is 1.53. The van der Waals surface area contributed by atoms with Crippen LogP contribution in [0.1, 0.15) is 5.56 Å². The maximum absolute atomic E-state index is 12.9. The molecule has 1 aromatic heterocycles. The number of hydrogen-bond donors (Lipinski definition) is 2. The van der Waals surface area contributed by atoms with Crippen LogP contribution in [0.2, 0.25) is 10.0 Å². The van der Waals surface area contributed by atoms with Crippen LogP contribution in [0.5, 0.6) is 0 Å². The highest BCUT2D eigenvalue weighted by atomic mass is 35.5. The van der Waals surface area contributed by atoms with Gasteiger partial charge in [-0.25, -0.2) is 14.1 Å². The first kappa shape index (κ1) is 17.6. The molecule has 1 heterocycles. The van der Waals surface area contributed by atoms with Crippen molar-refractivity contribution in [3.05, 3.63) is 70.2 Å². The van der Waals surface area contributed by atoms with Crippen molar-refractivity contribution in [2.24, 2.45) is 0 Å². The number of halogens is 3. The van der Waals surface area contributed by atoms with E-state index in [0.717, 1.165) is 5.56 Å². The molecule has 0 aliphatic heterocycles. The van der Waals surface area contributed by atoms with Gasteiger partial charge >= 0.3 is 0 Å². The van der Waals surface area contributed by atoms with Gasteiger partial charge in [-0.1, -0.05) is 29.3 Å². The lowest BCUT2D eigenvalue weighted by Gasteiger charge is -2.07. The molecular formula is C16H12Cl2FN5S. The third-order valence-electron chi connectivity index (χ3n) is 3.21. The SMILES string of the molecule is Fc1ccc(NC(=S)Nc2ncn(Cc3ccc(Cl)cc3Cl)n2)cc1. The van der Waals surface area contributed by atoms with Crippen LogP contribution in [0, 0.1) is 5.82 Å². The van der Waals surface area contributed by atoms with E-state index in [4.69, 9.17) is 35.4 Å². The Labute approximate surface area is 158 Å². The normalized spacial score (nSPS) is 10.5. The maximum Gasteiger partial charge on any atom is 0.248 e. The van der Waals surface area contributed by atoms with Gasteiger partial charge in [0.15, 0.2) is 5.11 Å². The average molecular weight is 396 g/mol. The quantitative estimate of drug-likeness (QED) is 0.633. The van der Waals surface area contributed by atoms with Crippen LogP contribution in [0.3, 0.4) is 0 Å². The molecule has 2 N–H and O–H groups in total. The summed E-state index contributed by atoms with van der Waals surface area (Å²) in [6.07, 6.45) is 1.56. The summed E-state index contributed by atoms with van der Waals surface area (Å²) >= 11 is 17.2. The molecule has 0 saturated carbocycles. The Kier molecular flexibility index (Phi) is 5.47. The topological polar surface area (TPSA) is 54.8 Å². The molecule has 0 radical (unpaired) electrons. The predicted molar refractivity (Wildman–Crippen MR) is 102 cm³/mol. The van der Waals surface area contributed by atoms with Crippen LogP contribution in [-0.4, -0.2) is 19.9 Å². The van der Waals surface area contributed by atoms with E-state index < -0.39 is 0 Å². The minimum atomic E-state index is -0.314. The second-order valence-corrected chi connectivity index (χ2v) is 6.34. The van der Waals surface area contributed by atoms with Crippen molar-refractivity contribution in [3.8, 4) is 0 Å². The molecule has 5 nitrogen and oxygen atoms in total. The van der Waals surface area contributed by atoms with Gasteiger partial charge in [0.25, 0.3) is 0 Å².